The molecule has 0 spiro atoms. The quantitative estimate of drug-likeness (QED) is 0.218. The molecule has 10 nitrogen and oxygen atoms in total. The van der Waals surface area contributed by atoms with Crippen molar-refractivity contribution >= 4 is 17.5 Å². The highest BCUT2D eigenvalue weighted by atomic mass is 19.4. The molecule has 3 heterocycles. The number of fused-ring (bicyclic) bond motifs is 1. The smallest absolute Gasteiger partial charge is 0.416 e. The molecule has 1 aromatic carbocycles. The van der Waals surface area contributed by atoms with Crippen LogP contribution in [0.25, 0.3) is 16.9 Å². The number of halogens is 3. The number of carbonyl (C=O) groups excluding carboxylic acids is 1. The molecule has 0 fully saturated rings. The van der Waals surface area contributed by atoms with E-state index in [4.69, 9.17) is 4.98 Å². The molecule has 0 aliphatic rings. The molecule has 0 unspecified atom stereocenters. The minimum atomic E-state index is -4.76. The molecule has 0 aliphatic heterocycles. The van der Waals surface area contributed by atoms with Crippen molar-refractivity contribution in [1.82, 2.24) is 29.4 Å². The molecule has 2 atom stereocenters. The van der Waals surface area contributed by atoms with Gasteiger partial charge in [0.05, 0.1) is 35.6 Å². The van der Waals surface area contributed by atoms with Gasteiger partial charge in [0.2, 0.25) is 5.91 Å². The summed E-state index contributed by atoms with van der Waals surface area (Å²) in [5.41, 5.74) is 1.96. The molecule has 4 rings (SSSR count). The van der Waals surface area contributed by atoms with Crippen LogP contribution in [0, 0.1) is 19.8 Å². The summed E-state index contributed by atoms with van der Waals surface area (Å²) < 4.78 is 44.3. The Labute approximate surface area is 264 Å². The number of hydrogen-bond acceptors (Lipinski definition) is 6. The molecule has 246 valence electrons. The summed E-state index contributed by atoms with van der Waals surface area (Å²) in [4.78, 5) is 45.8. The third-order valence-corrected chi connectivity index (χ3v) is 7.81. The predicted molar refractivity (Wildman–Crippen MR) is 167 cm³/mol. The molecular formula is C33H39F3N6O4. The lowest BCUT2D eigenvalue weighted by molar-refractivity contribution is -0.139. The standard InChI is InChI=1S/C33H39F3N6O4/c1-19(2)14-27(41-18-22(11-13-40(5)6)23(15-29(41)43)33(34,35)36)32(46)39-24(17-30(44)45)26-16-25(38-28-10-12-37-42(26)28)31-20(3)8-7-9-21(31)4/h7-10,12,15-16,18-19,24,27H,11,13-14,17H2,1-6H3,(H,39,46)(H,44,45)/t24-,27+/m0/s1. The van der Waals surface area contributed by atoms with Crippen LogP contribution in [0.5, 0.6) is 0 Å². The Morgan fingerprint density at radius 3 is 2.35 bits per heavy atom. The van der Waals surface area contributed by atoms with Crippen LogP contribution in [-0.4, -0.2) is 61.7 Å². The Bertz CT molecular complexity index is 1770. The number of carbonyl (C=O) groups is 2. The normalized spacial score (nSPS) is 13.4. The van der Waals surface area contributed by atoms with Crippen LogP contribution in [-0.2, 0) is 22.2 Å². The Kier molecular flexibility index (Phi) is 10.3. The molecule has 46 heavy (non-hydrogen) atoms. The number of benzene rings is 1. The van der Waals surface area contributed by atoms with Gasteiger partial charge in [-0.15, -0.1) is 0 Å². The largest absolute Gasteiger partial charge is 0.481 e. The zero-order valence-corrected chi connectivity index (χ0v) is 26.7. The Hall–Kier alpha value is -4.52. The van der Waals surface area contributed by atoms with Crippen LogP contribution < -0.4 is 10.9 Å². The second kappa shape index (κ2) is 13.9. The zero-order valence-electron chi connectivity index (χ0n) is 26.7. The van der Waals surface area contributed by atoms with Crippen LogP contribution in [0.4, 0.5) is 13.2 Å². The van der Waals surface area contributed by atoms with E-state index in [1.165, 1.54) is 10.7 Å². The lowest BCUT2D eigenvalue weighted by Crippen LogP contribution is -2.41. The minimum absolute atomic E-state index is 0.00479. The number of rotatable bonds is 12. The Balaban J connectivity index is 1.82. The van der Waals surface area contributed by atoms with Gasteiger partial charge in [0.15, 0.2) is 5.65 Å². The summed E-state index contributed by atoms with van der Waals surface area (Å²) in [6.45, 7) is 7.81. The topological polar surface area (TPSA) is 122 Å². The highest BCUT2D eigenvalue weighted by Gasteiger charge is 2.36. The first-order valence-corrected chi connectivity index (χ1v) is 15.0. The maximum absolute atomic E-state index is 14.1. The Morgan fingerprint density at radius 2 is 1.76 bits per heavy atom. The number of pyridine rings is 1. The number of amides is 1. The van der Waals surface area contributed by atoms with Crippen molar-refractivity contribution in [2.45, 2.75) is 65.2 Å². The Morgan fingerprint density at radius 1 is 1.09 bits per heavy atom. The van der Waals surface area contributed by atoms with Crippen LogP contribution >= 0.6 is 0 Å². The van der Waals surface area contributed by atoms with Crippen molar-refractivity contribution in [1.29, 1.82) is 0 Å². The lowest BCUT2D eigenvalue weighted by Gasteiger charge is -2.26. The summed E-state index contributed by atoms with van der Waals surface area (Å²) in [5.74, 6) is -2.04. The number of carboxylic acids is 1. The number of nitrogens with zero attached hydrogens (tertiary/aromatic N) is 5. The van der Waals surface area contributed by atoms with E-state index >= 15 is 0 Å². The molecule has 0 aliphatic carbocycles. The molecule has 0 saturated carbocycles. The van der Waals surface area contributed by atoms with Crippen LogP contribution in [0.2, 0.25) is 0 Å². The van der Waals surface area contributed by atoms with Crippen LogP contribution in [0.1, 0.15) is 66.7 Å². The van der Waals surface area contributed by atoms with Gasteiger partial charge in [-0.2, -0.15) is 18.3 Å². The van der Waals surface area contributed by atoms with Crippen molar-refractivity contribution in [2.75, 3.05) is 20.6 Å². The summed E-state index contributed by atoms with van der Waals surface area (Å²) in [6.07, 6.45) is -2.54. The number of carboxylic acid groups (broad SMARTS) is 1. The maximum Gasteiger partial charge on any atom is 0.416 e. The van der Waals surface area contributed by atoms with Crippen LogP contribution in [0.3, 0.4) is 0 Å². The molecule has 1 amide bonds. The van der Waals surface area contributed by atoms with E-state index in [2.05, 4.69) is 10.4 Å². The number of alkyl halides is 3. The van der Waals surface area contributed by atoms with Crippen molar-refractivity contribution in [3.63, 3.8) is 0 Å². The van der Waals surface area contributed by atoms with Crippen molar-refractivity contribution < 1.29 is 27.9 Å². The monoisotopic (exact) mass is 640 g/mol. The fourth-order valence-electron chi connectivity index (χ4n) is 5.64. The maximum atomic E-state index is 14.1. The second-order valence-electron chi connectivity index (χ2n) is 12.2. The van der Waals surface area contributed by atoms with Gasteiger partial charge < -0.3 is 19.9 Å². The van der Waals surface area contributed by atoms with E-state index < -0.39 is 47.7 Å². The van der Waals surface area contributed by atoms with Crippen LogP contribution in [0.15, 0.2) is 53.6 Å². The van der Waals surface area contributed by atoms with Gasteiger partial charge in [0.1, 0.15) is 6.04 Å². The first-order valence-electron chi connectivity index (χ1n) is 15.0. The molecule has 3 aromatic heterocycles. The van der Waals surface area contributed by atoms with Crippen molar-refractivity contribution in [3.8, 4) is 11.3 Å². The van der Waals surface area contributed by atoms with Gasteiger partial charge in [-0.25, -0.2) is 9.50 Å². The number of likely N-dealkylation sites (N-methyl/N-ethyl adjacent to an activating group) is 1. The fraction of sp³-hybridized carbons (Fsp3) is 0.424. The second-order valence-corrected chi connectivity index (χ2v) is 12.2. The molecule has 13 heteroatoms. The van der Waals surface area contributed by atoms with Crippen molar-refractivity contribution in [3.05, 3.63) is 87.1 Å². The van der Waals surface area contributed by atoms with Gasteiger partial charge in [-0.1, -0.05) is 32.0 Å². The molecular weight excluding hydrogens is 601 g/mol. The van der Waals surface area contributed by atoms with E-state index in [0.717, 1.165) is 27.5 Å². The molecule has 2 N–H and O–H groups in total. The number of hydrogen-bond donors (Lipinski definition) is 2. The number of aryl methyl sites for hydroxylation is 2. The molecule has 0 bridgehead atoms. The summed E-state index contributed by atoms with van der Waals surface area (Å²) in [7, 11) is 3.45. The number of aliphatic carboxylic acids is 1. The van der Waals surface area contributed by atoms with E-state index in [9.17, 15) is 32.7 Å². The molecule has 0 radical (unpaired) electrons. The summed E-state index contributed by atoms with van der Waals surface area (Å²) >= 11 is 0. The average Bonchev–Trinajstić information content (AvgIpc) is 3.42. The SMILES string of the molecule is Cc1cccc(C)c1-c1cc([C@H](CC(=O)O)NC(=O)[C@@H](CC(C)C)n2cc(CCN(C)C)c(C(F)(F)F)cc2=O)n2nccc2n1. The number of aromatic nitrogens is 4. The van der Waals surface area contributed by atoms with E-state index in [1.54, 1.807) is 31.1 Å². The summed E-state index contributed by atoms with van der Waals surface area (Å²) in [5, 5.41) is 17.0. The predicted octanol–water partition coefficient (Wildman–Crippen LogP) is 5.22. The highest BCUT2D eigenvalue weighted by Crippen LogP contribution is 2.33. The molecule has 4 aromatic rings. The van der Waals surface area contributed by atoms with Gasteiger partial charge in [0.25, 0.3) is 5.56 Å². The third kappa shape index (κ3) is 7.82. The van der Waals surface area contributed by atoms with Gasteiger partial charge in [-0.05, 0) is 69.5 Å². The van der Waals surface area contributed by atoms with E-state index in [1.807, 2.05) is 45.9 Å². The average molecular weight is 641 g/mol. The first-order chi connectivity index (χ1) is 21.6. The van der Waals surface area contributed by atoms with E-state index in [-0.39, 0.29) is 30.9 Å². The van der Waals surface area contributed by atoms with E-state index in [0.29, 0.717) is 23.1 Å². The zero-order chi connectivity index (χ0) is 33.9. The third-order valence-electron chi connectivity index (χ3n) is 7.81. The highest BCUT2D eigenvalue weighted by molar-refractivity contribution is 5.82. The lowest BCUT2D eigenvalue weighted by atomic mass is 9.97. The van der Waals surface area contributed by atoms with Gasteiger partial charge in [-0.3, -0.25) is 14.4 Å². The number of nitrogens with one attached hydrogen (secondary N) is 1. The van der Waals surface area contributed by atoms with Gasteiger partial charge in [0, 0.05) is 30.4 Å². The molecule has 0 saturated heterocycles. The minimum Gasteiger partial charge on any atom is -0.481 e. The van der Waals surface area contributed by atoms with Gasteiger partial charge >= 0.3 is 12.1 Å². The summed E-state index contributed by atoms with van der Waals surface area (Å²) in [6, 6.07) is 7.35. The van der Waals surface area contributed by atoms with Crippen molar-refractivity contribution in [2.24, 2.45) is 5.92 Å². The fourth-order valence-corrected chi connectivity index (χ4v) is 5.64. The first kappa shape index (κ1) is 34.4.